The van der Waals surface area contributed by atoms with Crippen LogP contribution < -0.4 is 15.4 Å². The van der Waals surface area contributed by atoms with Gasteiger partial charge < -0.3 is 20.1 Å². The Bertz CT molecular complexity index is 656. The van der Waals surface area contributed by atoms with Crippen LogP contribution in [0.1, 0.15) is 32.1 Å². The first kappa shape index (κ1) is 18.0. The number of fused-ring (bicyclic) bond motifs is 1. The van der Waals surface area contributed by atoms with Crippen molar-refractivity contribution in [3.05, 3.63) is 30.5 Å². The van der Waals surface area contributed by atoms with Gasteiger partial charge in [-0.1, -0.05) is 12.5 Å². The number of hydrogen-bond acceptors (Lipinski definition) is 5. The van der Waals surface area contributed by atoms with Crippen LogP contribution in [0.3, 0.4) is 0 Å². The standard InChI is InChI=1S/C20H29N3O2/c1-24-18-14-16-6-5-11-23-20(16)19(15-18)22-10-4-2-3-9-21-17-7-12-25-13-8-17/h5-6,11,14-15,17,21-22H,2-4,7-10,12-13H2,1H3. The van der Waals surface area contributed by atoms with Gasteiger partial charge in [0, 0.05) is 43.4 Å². The van der Waals surface area contributed by atoms with Gasteiger partial charge >= 0.3 is 0 Å². The van der Waals surface area contributed by atoms with Crippen molar-refractivity contribution in [1.29, 1.82) is 0 Å². The van der Waals surface area contributed by atoms with Crippen molar-refractivity contribution in [2.75, 3.05) is 38.7 Å². The molecule has 5 nitrogen and oxygen atoms in total. The fourth-order valence-electron chi connectivity index (χ4n) is 3.28. The number of benzene rings is 1. The summed E-state index contributed by atoms with van der Waals surface area (Å²) in [4.78, 5) is 4.50. The van der Waals surface area contributed by atoms with E-state index in [0.29, 0.717) is 6.04 Å². The number of aromatic nitrogens is 1. The second kappa shape index (κ2) is 9.59. The predicted molar refractivity (Wildman–Crippen MR) is 102 cm³/mol. The summed E-state index contributed by atoms with van der Waals surface area (Å²) >= 11 is 0. The van der Waals surface area contributed by atoms with Gasteiger partial charge in [-0.15, -0.1) is 0 Å². The maximum atomic E-state index is 5.40. The molecule has 25 heavy (non-hydrogen) atoms. The van der Waals surface area contributed by atoms with Crippen molar-refractivity contribution in [1.82, 2.24) is 10.3 Å². The van der Waals surface area contributed by atoms with Crippen LogP contribution in [0.4, 0.5) is 5.69 Å². The van der Waals surface area contributed by atoms with E-state index in [0.717, 1.165) is 67.9 Å². The fourth-order valence-corrected chi connectivity index (χ4v) is 3.28. The molecule has 0 saturated carbocycles. The number of rotatable bonds is 9. The van der Waals surface area contributed by atoms with Crippen molar-refractivity contribution < 1.29 is 9.47 Å². The number of anilines is 1. The van der Waals surface area contributed by atoms with Gasteiger partial charge in [0.1, 0.15) is 5.75 Å². The van der Waals surface area contributed by atoms with Crippen molar-refractivity contribution in [3.8, 4) is 5.75 Å². The summed E-state index contributed by atoms with van der Waals surface area (Å²) < 4.78 is 10.8. The van der Waals surface area contributed by atoms with Gasteiger partial charge in [0.2, 0.25) is 0 Å². The highest BCUT2D eigenvalue weighted by Gasteiger charge is 2.12. The van der Waals surface area contributed by atoms with E-state index < -0.39 is 0 Å². The normalized spacial score (nSPS) is 15.4. The zero-order chi connectivity index (χ0) is 17.3. The van der Waals surface area contributed by atoms with Gasteiger partial charge in [-0.05, 0) is 44.4 Å². The molecule has 1 aromatic carbocycles. The van der Waals surface area contributed by atoms with Gasteiger partial charge in [-0.2, -0.15) is 0 Å². The Morgan fingerprint density at radius 2 is 2.00 bits per heavy atom. The Balaban J connectivity index is 1.39. The molecular weight excluding hydrogens is 314 g/mol. The molecule has 2 N–H and O–H groups in total. The smallest absolute Gasteiger partial charge is 0.121 e. The first-order valence-corrected chi connectivity index (χ1v) is 9.34. The number of nitrogens with one attached hydrogen (secondary N) is 2. The molecule has 0 spiro atoms. The monoisotopic (exact) mass is 343 g/mol. The van der Waals surface area contributed by atoms with Gasteiger partial charge in [-0.25, -0.2) is 0 Å². The van der Waals surface area contributed by atoms with Gasteiger partial charge in [0.25, 0.3) is 0 Å². The fraction of sp³-hybridized carbons (Fsp3) is 0.550. The molecule has 1 saturated heterocycles. The number of ether oxygens (including phenoxy) is 2. The van der Waals surface area contributed by atoms with E-state index in [4.69, 9.17) is 9.47 Å². The molecule has 0 radical (unpaired) electrons. The van der Waals surface area contributed by atoms with E-state index in [-0.39, 0.29) is 0 Å². The highest BCUT2D eigenvalue weighted by molar-refractivity contribution is 5.91. The lowest BCUT2D eigenvalue weighted by Gasteiger charge is -2.23. The highest BCUT2D eigenvalue weighted by atomic mass is 16.5. The number of nitrogens with zero attached hydrogens (tertiary/aromatic N) is 1. The molecule has 0 atom stereocenters. The third kappa shape index (κ3) is 5.31. The van der Waals surface area contributed by atoms with Crippen molar-refractivity contribution in [2.24, 2.45) is 0 Å². The molecule has 0 amide bonds. The second-order valence-electron chi connectivity index (χ2n) is 6.58. The van der Waals surface area contributed by atoms with Crippen molar-refractivity contribution >= 4 is 16.6 Å². The van der Waals surface area contributed by atoms with Crippen LogP contribution in [0.2, 0.25) is 0 Å². The van der Waals surface area contributed by atoms with Gasteiger partial charge in [-0.3, -0.25) is 4.98 Å². The van der Waals surface area contributed by atoms with Gasteiger partial charge in [0.15, 0.2) is 0 Å². The molecule has 2 aromatic rings. The Kier molecular flexibility index (Phi) is 6.89. The average molecular weight is 343 g/mol. The minimum atomic E-state index is 0.654. The average Bonchev–Trinajstić information content (AvgIpc) is 2.67. The lowest BCUT2D eigenvalue weighted by Crippen LogP contribution is -2.35. The molecule has 1 aromatic heterocycles. The third-order valence-electron chi connectivity index (χ3n) is 4.74. The number of pyridine rings is 1. The van der Waals surface area contributed by atoms with Crippen LogP contribution in [0.25, 0.3) is 10.9 Å². The summed E-state index contributed by atoms with van der Waals surface area (Å²) in [6.07, 6.45) is 7.73. The first-order chi connectivity index (χ1) is 12.4. The van der Waals surface area contributed by atoms with Crippen LogP contribution in [0.5, 0.6) is 5.75 Å². The van der Waals surface area contributed by atoms with E-state index in [1.807, 2.05) is 24.4 Å². The third-order valence-corrected chi connectivity index (χ3v) is 4.74. The number of methoxy groups -OCH3 is 1. The Labute approximate surface area is 150 Å². The summed E-state index contributed by atoms with van der Waals surface area (Å²) in [6.45, 7) is 3.87. The Morgan fingerprint density at radius 3 is 2.84 bits per heavy atom. The summed E-state index contributed by atoms with van der Waals surface area (Å²) in [5.74, 6) is 0.865. The second-order valence-corrected chi connectivity index (χ2v) is 6.58. The van der Waals surface area contributed by atoms with Crippen LogP contribution in [0, 0.1) is 0 Å². The summed E-state index contributed by atoms with van der Waals surface area (Å²) in [5, 5.41) is 8.27. The van der Waals surface area contributed by atoms with E-state index in [1.54, 1.807) is 7.11 Å². The van der Waals surface area contributed by atoms with Gasteiger partial charge in [0.05, 0.1) is 18.3 Å². The molecule has 0 unspecified atom stereocenters. The summed E-state index contributed by atoms with van der Waals surface area (Å²) in [6, 6.07) is 8.73. The molecule has 3 rings (SSSR count). The minimum Gasteiger partial charge on any atom is -0.497 e. The molecule has 1 fully saturated rings. The van der Waals surface area contributed by atoms with E-state index in [2.05, 4.69) is 21.7 Å². The lowest BCUT2D eigenvalue weighted by molar-refractivity contribution is 0.0780. The van der Waals surface area contributed by atoms with Crippen LogP contribution in [-0.4, -0.2) is 44.4 Å². The maximum absolute atomic E-state index is 5.40. The van der Waals surface area contributed by atoms with Crippen molar-refractivity contribution in [3.63, 3.8) is 0 Å². The zero-order valence-electron chi connectivity index (χ0n) is 15.1. The molecule has 1 aliphatic heterocycles. The van der Waals surface area contributed by atoms with E-state index >= 15 is 0 Å². The topological polar surface area (TPSA) is 55.4 Å². The first-order valence-electron chi connectivity index (χ1n) is 9.34. The molecule has 136 valence electrons. The van der Waals surface area contributed by atoms with Crippen LogP contribution >= 0.6 is 0 Å². The number of unbranched alkanes of at least 4 members (excludes halogenated alkanes) is 2. The molecule has 2 heterocycles. The van der Waals surface area contributed by atoms with E-state index in [1.165, 1.54) is 12.8 Å². The predicted octanol–water partition coefficient (Wildman–Crippen LogP) is 3.59. The number of hydrogen-bond donors (Lipinski definition) is 2. The minimum absolute atomic E-state index is 0.654. The quantitative estimate of drug-likeness (QED) is 0.682. The summed E-state index contributed by atoms with van der Waals surface area (Å²) in [5.41, 5.74) is 2.06. The summed E-state index contributed by atoms with van der Waals surface area (Å²) in [7, 11) is 1.70. The van der Waals surface area contributed by atoms with E-state index in [9.17, 15) is 0 Å². The van der Waals surface area contributed by atoms with Crippen molar-refractivity contribution in [2.45, 2.75) is 38.1 Å². The zero-order valence-corrected chi connectivity index (χ0v) is 15.1. The van der Waals surface area contributed by atoms with Crippen LogP contribution in [-0.2, 0) is 4.74 Å². The Hall–Kier alpha value is -1.85. The lowest BCUT2D eigenvalue weighted by atomic mass is 10.1. The largest absolute Gasteiger partial charge is 0.497 e. The molecule has 1 aliphatic rings. The molecule has 0 aliphatic carbocycles. The molecular formula is C20H29N3O2. The Morgan fingerprint density at radius 1 is 1.16 bits per heavy atom. The molecule has 5 heteroatoms. The van der Waals surface area contributed by atoms with Crippen LogP contribution in [0.15, 0.2) is 30.5 Å². The highest BCUT2D eigenvalue weighted by Crippen LogP contribution is 2.27. The SMILES string of the molecule is COc1cc(NCCCCCNC2CCOCC2)c2ncccc2c1. The molecule has 0 bridgehead atoms. The maximum Gasteiger partial charge on any atom is 0.121 e.